The number of rotatable bonds is 5. The van der Waals surface area contributed by atoms with E-state index in [0.717, 1.165) is 11.3 Å². The van der Waals surface area contributed by atoms with Crippen molar-refractivity contribution in [2.45, 2.75) is 13.5 Å². The van der Waals surface area contributed by atoms with Crippen molar-refractivity contribution in [2.75, 3.05) is 19.4 Å². The van der Waals surface area contributed by atoms with E-state index >= 15 is 0 Å². The van der Waals surface area contributed by atoms with Crippen molar-refractivity contribution >= 4 is 17.3 Å². The number of nitro benzene ring substituents is 1. The third-order valence-corrected chi connectivity index (χ3v) is 3.41. The largest absolute Gasteiger partial charge is 0.322 e. The van der Waals surface area contributed by atoms with Crippen LogP contribution in [-0.2, 0) is 6.54 Å². The number of para-hydroxylation sites is 1. The Morgan fingerprint density at radius 1 is 1.22 bits per heavy atom. The number of benzene rings is 2. The molecule has 1 amide bonds. The number of nitrogens with one attached hydrogen (secondary N) is 1. The van der Waals surface area contributed by atoms with Crippen molar-refractivity contribution in [3.05, 3.63) is 69.3 Å². The van der Waals surface area contributed by atoms with Crippen LogP contribution in [0.3, 0.4) is 0 Å². The first-order valence-electron chi connectivity index (χ1n) is 7.17. The highest BCUT2D eigenvalue weighted by molar-refractivity contribution is 6.04. The van der Waals surface area contributed by atoms with Crippen LogP contribution in [0, 0.1) is 17.0 Å². The molecule has 0 saturated carbocycles. The van der Waals surface area contributed by atoms with Crippen LogP contribution in [0.2, 0.25) is 0 Å². The highest BCUT2D eigenvalue weighted by Gasteiger charge is 2.14. The maximum absolute atomic E-state index is 12.4. The van der Waals surface area contributed by atoms with Crippen molar-refractivity contribution in [2.24, 2.45) is 0 Å². The van der Waals surface area contributed by atoms with Gasteiger partial charge in [0, 0.05) is 29.4 Å². The SMILES string of the molecule is Cc1cc(C(=O)Nc2ccccc2CN(C)C)ccc1[N+](=O)[O-]. The topological polar surface area (TPSA) is 75.5 Å². The molecule has 6 heteroatoms. The van der Waals surface area contributed by atoms with Gasteiger partial charge < -0.3 is 10.2 Å². The van der Waals surface area contributed by atoms with E-state index in [4.69, 9.17) is 0 Å². The minimum absolute atomic E-state index is 0.00885. The van der Waals surface area contributed by atoms with Crippen LogP contribution in [0.5, 0.6) is 0 Å². The first-order chi connectivity index (χ1) is 10.9. The average Bonchev–Trinajstić information content (AvgIpc) is 2.48. The Balaban J connectivity index is 2.23. The molecule has 0 atom stereocenters. The lowest BCUT2D eigenvalue weighted by Crippen LogP contribution is -2.16. The monoisotopic (exact) mass is 313 g/mol. The van der Waals surface area contributed by atoms with Gasteiger partial charge in [-0.3, -0.25) is 14.9 Å². The number of anilines is 1. The van der Waals surface area contributed by atoms with Crippen molar-refractivity contribution in [1.29, 1.82) is 0 Å². The highest BCUT2D eigenvalue weighted by atomic mass is 16.6. The Labute approximate surface area is 134 Å². The molecule has 0 heterocycles. The third kappa shape index (κ3) is 4.14. The van der Waals surface area contributed by atoms with Gasteiger partial charge in [0.1, 0.15) is 0 Å². The van der Waals surface area contributed by atoms with Crippen LogP contribution in [-0.4, -0.2) is 29.8 Å². The summed E-state index contributed by atoms with van der Waals surface area (Å²) in [7, 11) is 3.91. The normalized spacial score (nSPS) is 10.6. The molecular weight excluding hydrogens is 294 g/mol. The molecule has 1 N–H and O–H groups in total. The molecule has 0 aromatic heterocycles. The molecule has 0 spiro atoms. The summed E-state index contributed by atoms with van der Waals surface area (Å²) < 4.78 is 0. The van der Waals surface area contributed by atoms with Gasteiger partial charge in [0.05, 0.1) is 4.92 Å². The van der Waals surface area contributed by atoms with Crippen LogP contribution in [0.25, 0.3) is 0 Å². The summed E-state index contributed by atoms with van der Waals surface area (Å²) in [5.41, 5.74) is 2.61. The summed E-state index contributed by atoms with van der Waals surface area (Å²) in [5.74, 6) is -0.283. The average molecular weight is 313 g/mol. The fraction of sp³-hybridized carbons (Fsp3) is 0.235. The quantitative estimate of drug-likeness (QED) is 0.679. The minimum Gasteiger partial charge on any atom is -0.322 e. The molecule has 0 unspecified atom stereocenters. The van der Waals surface area contributed by atoms with Gasteiger partial charge in [0.25, 0.3) is 11.6 Å². The van der Waals surface area contributed by atoms with Gasteiger partial charge in [-0.15, -0.1) is 0 Å². The number of carbonyl (C=O) groups is 1. The van der Waals surface area contributed by atoms with Gasteiger partial charge in [-0.1, -0.05) is 18.2 Å². The molecular formula is C17H19N3O3. The number of nitrogens with zero attached hydrogens (tertiary/aromatic N) is 2. The molecule has 23 heavy (non-hydrogen) atoms. The van der Waals surface area contributed by atoms with E-state index in [1.807, 2.05) is 43.3 Å². The molecule has 2 aromatic rings. The zero-order chi connectivity index (χ0) is 17.0. The van der Waals surface area contributed by atoms with Crippen molar-refractivity contribution < 1.29 is 9.72 Å². The molecule has 2 rings (SSSR count). The van der Waals surface area contributed by atoms with E-state index in [9.17, 15) is 14.9 Å². The third-order valence-electron chi connectivity index (χ3n) is 3.41. The van der Waals surface area contributed by atoms with E-state index in [-0.39, 0.29) is 11.6 Å². The summed E-state index contributed by atoms with van der Waals surface area (Å²) >= 11 is 0. The minimum atomic E-state index is -0.455. The van der Waals surface area contributed by atoms with Crippen molar-refractivity contribution in [1.82, 2.24) is 4.90 Å². The molecule has 0 fully saturated rings. The standard InChI is InChI=1S/C17H19N3O3/c1-12-10-13(8-9-16(12)20(22)23)17(21)18-15-7-5-4-6-14(15)11-19(2)3/h4-10H,11H2,1-3H3,(H,18,21). The summed E-state index contributed by atoms with van der Waals surface area (Å²) in [4.78, 5) is 24.8. The Morgan fingerprint density at radius 2 is 1.91 bits per heavy atom. The maximum Gasteiger partial charge on any atom is 0.272 e. The number of amides is 1. The lowest BCUT2D eigenvalue weighted by molar-refractivity contribution is -0.385. The van der Waals surface area contributed by atoms with Gasteiger partial charge in [0.15, 0.2) is 0 Å². The fourth-order valence-electron chi connectivity index (χ4n) is 2.32. The van der Waals surface area contributed by atoms with E-state index in [1.165, 1.54) is 18.2 Å². The number of nitro groups is 1. The number of carbonyl (C=O) groups excluding carboxylic acids is 1. The number of aryl methyl sites for hydroxylation is 1. The molecule has 0 aliphatic carbocycles. The van der Waals surface area contributed by atoms with Crippen molar-refractivity contribution in [3.63, 3.8) is 0 Å². The van der Waals surface area contributed by atoms with Crippen LogP contribution < -0.4 is 5.32 Å². The van der Waals surface area contributed by atoms with Crippen molar-refractivity contribution in [3.8, 4) is 0 Å². The van der Waals surface area contributed by atoms with E-state index < -0.39 is 4.92 Å². The Bertz CT molecular complexity index is 742. The second-order valence-electron chi connectivity index (χ2n) is 5.61. The fourth-order valence-corrected chi connectivity index (χ4v) is 2.32. The second-order valence-corrected chi connectivity index (χ2v) is 5.61. The number of hydrogen-bond donors (Lipinski definition) is 1. The lowest BCUT2D eigenvalue weighted by Gasteiger charge is -2.15. The van der Waals surface area contributed by atoms with E-state index in [0.29, 0.717) is 17.7 Å². The van der Waals surface area contributed by atoms with Gasteiger partial charge in [-0.05, 0) is 44.8 Å². The number of hydrogen-bond acceptors (Lipinski definition) is 4. The molecule has 0 aliphatic rings. The molecule has 0 aliphatic heterocycles. The van der Waals surface area contributed by atoms with Gasteiger partial charge >= 0.3 is 0 Å². The molecule has 6 nitrogen and oxygen atoms in total. The zero-order valence-electron chi connectivity index (χ0n) is 13.4. The van der Waals surface area contributed by atoms with Gasteiger partial charge in [-0.2, -0.15) is 0 Å². The van der Waals surface area contributed by atoms with Gasteiger partial charge in [-0.25, -0.2) is 0 Å². The molecule has 2 aromatic carbocycles. The summed E-state index contributed by atoms with van der Waals surface area (Å²) in [6.45, 7) is 2.32. The van der Waals surface area contributed by atoms with Gasteiger partial charge in [0.2, 0.25) is 0 Å². The zero-order valence-corrected chi connectivity index (χ0v) is 13.4. The Kier molecular flexibility index (Phi) is 5.08. The van der Waals surface area contributed by atoms with E-state index in [1.54, 1.807) is 6.92 Å². The smallest absolute Gasteiger partial charge is 0.272 e. The molecule has 0 saturated heterocycles. The summed E-state index contributed by atoms with van der Waals surface area (Å²) in [6, 6.07) is 11.9. The second kappa shape index (κ2) is 7.02. The first-order valence-corrected chi connectivity index (χ1v) is 7.17. The lowest BCUT2D eigenvalue weighted by atomic mass is 10.1. The summed E-state index contributed by atoms with van der Waals surface area (Å²) in [5, 5.41) is 13.7. The molecule has 0 radical (unpaired) electrons. The van der Waals surface area contributed by atoms with Crippen LogP contribution in [0.15, 0.2) is 42.5 Å². The Hall–Kier alpha value is -2.73. The van der Waals surface area contributed by atoms with E-state index in [2.05, 4.69) is 5.32 Å². The van der Waals surface area contributed by atoms with Crippen LogP contribution >= 0.6 is 0 Å². The van der Waals surface area contributed by atoms with Crippen LogP contribution in [0.4, 0.5) is 11.4 Å². The Morgan fingerprint density at radius 3 is 2.52 bits per heavy atom. The predicted molar refractivity (Wildman–Crippen MR) is 89.6 cm³/mol. The van der Waals surface area contributed by atoms with Crippen LogP contribution in [0.1, 0.15) is 21.5 Å². The molecule has 0 bridgehead atoms. The summed E-state index contributed by atoms with van der Waals surface area (Å²) in [6.07, 6.45) is 0. The predicted octanol–water partition coefficient (Wildman–Crippen LogP) is 3.22. The first kappa shape index (κ1) is 16.6. The highest BCUT2D eigenvalue weighted by Crippen LogP contribution is 2.21. The maximum atomic E-state index is 12.4. The molecule has 120 valence electrons.